The van der Waals surface area contributed by atoms with Crippen LogP contribution >= 0.6 is 11.6 Å². The second-order valence-corrected chi connectivity index (χ2v) is 8.09. The molecule has 0 spiro atoms. The van der Waals surface area contributed by atoms with Gasteiger partial charge in [-0.05, 0) is 36.4 Å². The van der Waals surface area contributed by atoms with E-state index < -0.39 is 15.8 Å². The molecule has 26 heavy (non-hydrogen) atoms. The lowest BCUT2D eigenvalue weighted by Crippen LogP contribution is -2.20. The molecular weight excluding hydrogens is 377 g/mol. The molecule has 5 nitrogen and oxygen atoms in total. The van der Waals surface area contributed by atoms with Crippen LogP contribution < -0.4 is 10.0 Å². The van der Waals surface area contributed by atoms with E-state index >= 15 is 0 Å². The van der Waals surface area contributed by atoms with Gasteiger partial charge in [0.15, 0.2) is 5.82 Å². The third-order valence-electron chi connectivity index (χ3n) is 3.94. The van der Waals surface area contributed by atoms with Gasteiger partial charge in [-0.2, -0.15) is 0 Å². The van der Waals surface area contributed by atoms with E-state index in [-0.39, 0.29) is 11.3 Å². The molecule has 0 amide bonds. The molecule has 2 aromatic carbocycles. The van der Waals surface area contributed by atoms with Gasteiger partial charge in [-0.15, -0.1) is 0 Å². The van der Waals surface area contributed by atoms with E-state index in [1.165, 1.54) is 13.2 Å². The number of aromatic nitrogens is 1. The smallest absolute Gasteiger partial charge is 0.215 e. The monoisotopic (exact) mass is 393 g/mol. The summed E-state index contributed by atoms with van der Waals surface area (Å²) in [4.78, 5) is 4.05. The van der Waals surface area contributed by atoms with Crippen molar-refractivity contribution in [2.75, 3.05) is 12.4 Å². The van der Waals surface area contributed by atoms with Crippen molar-refractivity contribution in [3.05, 3.63) is 70.6 Å². The quantitative estimate of drug-likeness (QED) is 0.670. The van der Waals surface area contributed by atoms with Crippen LogP contribution in [0.15, 0.2) is 48.7 Å². The fourth-order valence-electron chi connectivity index (χ4n) is 2.61. The first-order chi connectivity index (χ1) is 12.4. The van der Waals surface area contributed by atoms with Gasteiger partial charge < -0.3 is 5.32 Å². The molecule has 0 radical (unpaired) electrons. The van der Waals surface area contributed by atoms with Crippen molar-refractivity contribution in [1.29, 1.82) is 0 Å². The molecule has 0 aliphatic carbocycles. The van der Waals surface area contributed by atoms with Crippen molar-refractivity contribution >= 4 is 38.2 Å². The summed E-state index contributed by atoms with van der Waals surface area (Å²) >= 11 is 6.06. The van der Waals surface area contributed by atoms with Crippen LogP contribution in [0.2, 0.25) is 5.02 Å². The van der Waals surface area contributed by atoms with E-state index in [0.717, 1.165) is 5.56 Å². The molecule has 2 N–H and O–H groups in total. The van der Waals surface area contributed by atoms with E-state index in [0.29, 0.717) is 28.2 Å². The molecule has 0 aliphatic rings. The molecule has 0 unspecified atom stereocenters. The second-order valence-electron chi connectivity index (χ2n) is 5.75. The Morgan fingerprint density at radius 1 is 1.15 bits per heavy atom. The minimum atomic E-state index is -3.34. The molecule has 0 saturated carbocycles. The van der Waals surface area contributed by atoms with Crippen molar-refractivity contribution in [2.24, 2.45) is 0 Å². The standard InChI is InChI=1S/C18H17ClFN3O2S/c1-21-26(24,25)11-13-4-2-3-12(9-13)10-23-16-6-5-14-15(19)7-8-22-18(14)17(16)20/h2-9,21,23H,10-11H2,1H3. The number of anilines is 1. The van der Waals surface area contributed by atoms with Gasteiger partial charge in [0.2, 0.25) is 10.0 Å². The van der Waals surface area contributed by atoms with Gasteiger partial charge in [-0.3, -0.25) is 4.98 Å². The molecule has 3 aromatic rings. The molecule has 0 saturated heterocycles. The summed E-state index contributed by atoms with van der Waals surface area (Å²) in [7, 11) is -1.96. The van der Waals surface area contributed by atoms with Gasteiger partial charge in [0.1, 0.15) is 5.52 Å². The third kappa shape index (κ3) is 4.12. The lowest BCUT2D eigenvalue weighted by molar-refractivity contribution is 0.587. The summed E-state index contributed by atoms with van der Waals surface area (Å²) in [6.45, 7) is 0.344. The fourth-order valence-corrected chi connectivity index (χ4v) is 3.58. The first-order valence-electron chi connectivity index (χ1n) is 7.85. The predicted octanol–water partition coefficient (Wildman–Crippen LogP) is 3.69. The van der Waals surface area contributed by atoms with Crippen LogP contribution in [0.25, 0.3) is 10.9 Å². The lowest BCUT2D eigenvalue weighted by Gasteiger charge is -2.11. The lowest BCUT2D eigenvalue weighted by atomic mass is 10.1. The maximum atomic E-state index is 14.6. The van der Waals surface area contributed by atoms with Gasteiger partial charge >= 0.3 is 0 Å². The Kier molecular flexibility index (Phi) is 5.41. The average molecular weight is 394 g/mol. The number of hydrogen-bond acceptors (Lipinski definition) is 4. The van der Waals surface area contributed by atoms with Crippen LogP contribution in [0.3, 0.4) is 0 Å². The molecule has 0 atom stereocenters. The Morgan fingerprint density at radius 3 is 2.69 bits per heavy atom. The van der Waals surface area contributed by atoms with Crippen molar-refractivity contribution in [3.63, 3.8) is 0 Å². The minimum Gasteiger partial charge on any atom is -0.379 e. The molecule has 136 valence electrons. The highest BCUT2D eigenvalue weighted by Crippen LogP contribution is 2.28. The summed E-state index contributed by atoms with van der Waals surface area (Å²) < 4.78 is 40.2. The number of nitrogens with zero attached hydrogens (tertiary/aromatic N) is 1. The fraction of sp³-hybridized carbons (Fsp3) is 0.167. The Hall–Kier alpha value is -2.22. The van der Waals surface area contributed by atoms with Crippen LogP contribution in [0.4, 0.5) is 10.1 Å². The van der Waals surface area contributed by atoms with Crippen molar-refractivity contribution in [1.82, 2.24) is 9.71 Å². The van der Waals surface area contributed by atoms with E-state index in [1.807, 2.05) is 6.07 Å². The van der Waals surface area contributed by atoms with Crippen LogP contribution in [-0.4, -0.2) is 20.4 Å². The maximum Gasteiger partial charge on any atom is 0.215 e. The van der Waals surface area contributed by atoms with Gasteiger partial charge in [-0.1, -0.05) is 35.9 Å². The SMILES string of the molecule is CNS(=O)(=O)Cc1cccc(CNc2ccc3c(Cl)ccnc3c2F)c1. The van der Waals surface area contributed by atoms with Crippen LogP contribution in [0.5, 0.6) is 0 Å². The Morgan fingerprint density at radius 2 is 1.92 bits per heavy atom. The molecule has 0 fully saturated rings. The zero-order valence-corrected chi connectivity index (χ0v) is 15.5. The van der Waals surface area contributed by atoms with E-state index in [1.54, 1.807) is 36.4 Å². The highest BCUT2D eigenvalue weighted by molar-refractivity contribution is 7.88. The van der Waals surface area contributed by atoms with E-state index in [2.05, 4.69) is 15.0 Å². The summed E-state index contributed by atoms with van der Waals surface area (Å²) in [5.74, 6) is -0.580. The van der Waals surface area contributed by atoms with Crippen LogP contribution in [-0.2, 0) is 22.3 Å². The summed E-state index contributed by atoms with van der Waals surface area (Å²) in [5.41, 5.74) is 2.01. The van der Waals surface area contributed by atoms with Gasteiger partial charge in [-0.25, -0.2) is 17.5 Å². The number of hydrogen-bond donors (Lipinski definition) is 2. The topological polar surface area (TPSA) is 71.1 Å². The average Bonchev–Trinajstić information content (AvgIpc) is 2.62. The molecule has 0 bridgehead atoms. The summed E-state index contributed by atoms with van der Waals surface area (Å²) in [6.07, 6.45) is 1.46. The number of pyridine rings is 1. The minimum absolute atomic E-state index is 0.107. The van der Waals surface area contributed by atoms with Crippen molar-refractivity contribution < 1.29 is 12.8 Å². The number of rotatable bonds is 6. The normalized spacial score (nSPS) is 11.7. The highest BCUT2D eigenvalue weighted by atomic mass is 35.5. The predicted molar refractivity (Wildman–Crippen MR) is 102 cm³/mol. The molecule has 0 aliphatic heterocycles. The first kappa shape index (κ1) is 18.6. The Balaban J connectivity index is 1.79. The zero-order valence-electron chi connectivity index (χ0n) is 14.0. The van der Waals surface area contributed by atoms with Gasteiger partial charge in [0.25, 0.3) is 0 Å². The van der Waals surface area contributed by atoms with E-state index in [4.69, 9.17) is 11.6 Å². The third-order valence-corrected chi connectivity index (χ3v) is 5.60. The number of benzene rings is 2. The number of halogens is 2. The second kappa shape index (κ2) is 7.57. The van der Waals surface area contributed by atoms with Crippen molar-refractivity contribution in [3.8, 4) is 0 Å². The van der Waals surface area contributed by atoms with Crippen LogP contribution in [0, 0.1) is 5.82 Å². The summed E-state index contributed by atoms with van der Waals surface area (Å²) in [6, 6.07) is 12.1. The largest absolute Gasteiger partial charge is 0.379 e. The van der Waals surface area contributed by atoms with Crippen molar-refractivity contribution in [2.45, 2.75) is 12.3 Å². The molecule has 1 heterocycles. The number of nitrogens with one attached hydrogen (secondary N) is 2. The first-order valence-corrected chi connectivity index (χ1v) is 9.88. The summed E-state index contributed by atoms with van der Waals surface area (Å²) in [5, 5.41) is 4.02. The zero-order chi connectivity index (χ0) is 18.7. The Labute approximate surface area is 156 Å². The number of sulfonamides is 1. The highest BCUT2D eigenvalue weighted by Gasteiger charge is 2.11. The molecular formula is C18H17ClFN3O2S. The molecule has 8 heteroatoms. The van der Waals surface area contributed by atoms with Gasteiger partial charge in [0.05, 0.1) is 16.5 Å². The molecule has 3 rings (SSSR count). The van der Waals surface area contributed by atoms with E-state index in [9.17, 15) is 12.8 Å². The number of fused-ring (bicyclic) bond motifs is 1. The van der Waals surface area contributed by atoms with Crippen LogP contribution in [0.1, 0.15) is 11.1 Å². The Bertz CT molecular complexity index is 1060. The maximum absolute atomic E-state index is 14.6. The molecule has 1 aromatic heterocycles. The van der Waals surface area contributed by atoms with Gasteiger partial charge in [0, 0.05) is 18.1 Å².